The zero-order valence-corrected chi connectivity index (χ0v) is 9.74. The van der Waals surface area contributed by atoms with E-state index in [9.17, 15) is 9.90 Å². The highest BCUT2D eigenvalue weighted by molar-refractivity contribution is 5.82. The highest BCUT2D eigenvalue weighted by atomic mass is 16.3. The van der Waals surface area contributed by atoms with Gasteiger partial charge in [0.25, 0.3) is 0 Å². The lowest BCUT2D eigenvalue weighted by Gasteiger charge is -2.29. The van der Waals surface area contributed by atoms with Crippen molar-refractivity contribution in [3.05, 3.63) is 0 Å². The van der Waals surface area contributed by atoms with E-state index in [0.29, 0.717) is 0 Å². The molecule has 0 aromatic carbocycles. The number of aliphatic hydroxyl groups is 1. The molecule has 1 amide bonds. The topological polar surface area (TPSA) is 61.4 Å². The Morgan fingerprint density at radius 1 is 1.19 bits per heavy atom. The van der Waals surface area contributed by atoms with E-state index in [1.54, 1.807) is 0 Å². The lowest BCUT2D eigenvalue weighted by atomic mass is 9.92. The van der Waals surface area contributed by atoms with Crippen LogP contribution in [0.3, 0.4) is 0 Å². The van der Waals surface area contributed by atoms with Gasteiger partial charge in [0.05, 0.1) is 12.1 Å². The first-order valence-corrected chi connectivity index (χ1v) is 6.47. The zero-order chi connectivity index (χ0) is 11.4. The number of carbonyl (C=O) groups excluding carboxylic acids is 1. The minimum Gasteiger partial charge on any atom is -0.393 e. The Labute approximate surface area is 96.8 Å². The van der Waals surface area contributed by atoms with Crippen LogP contribution in [0.15, 0.2) is 0 Å². The summed E-state index contributed by atoms with van der Waals surface area (Å²) in [5, 5.41) is 15.8. The lowest BCUT2D eigenvalue weighted by molar-refractivity contribution is -0.124. The van der Waals surface area contributed by atoms with Crippen molar-refractivity contribution < 1.29 is 9.90 Å². The molecule has 3 N–H and O–H groups in total. The molecule has 92 valence electrons. The summed E-state index contributed by atoms with van der Waals surface area (Å²) in [7, 11) is 0. The monoisotopic (exact) mass is 226 g/mol. The van der Waals surface area contributed by atoms with Gasteiger partial charge in [0, 0.05) is 6.04 Å². The van der Waals surface area contributed by atoms with Gasteiger partial charge in [-0.3, -0.25) is 4.79 Å². The van der Waals surface area contributed by atoms with E-state index in [4.69, 9.17) is 0 Å². The number of hydrogen-bond donors (Lipinski definition) is 3. The normalized spacial score (nSPS) is 35.7. The van der Waals surface area contributed by atoms with Gasteiger partial charge in [0.15, 0.2) is 0 Å². The molecule has 16 heavy (non-hydrogen) atoms. The maximum atomic E-state index is 11.9. The number of carbonyl (C=O) groups is 1. The predicted molar refractivity (Wildman–Crippen MR) is 62.0 cm³/mol. The molecule has 3 unspecified atom stereocenters. The van der Waals surface area contributed by atoms with Crippen LogP contribution >= 0.6 is 0 Å². The first kappa shape index (κ1) is 11.9. The summed E-state index contributed by atoms with van der Waals surface area (Å²) in [6, 6.07) is 0.174. The maximum Gasteiger partial charge on any atom is 0.237 e. The average molecular weight is 226 g/mol. The van der Waals surface area contributed by atoms with E-state index < -0.39 is 0 Å². The molecule has 0 spiro atoms. The largest absolute Gasteiger partial charge is 0.393 e. The van der Waals surface area contributed by atoms with Gasteiger partial charge in [0.1, 0.15) is 0 Å². The molecule has 0 bridgehead atoms. The summed E-state index contributed by atoms with van der Waals surface area (Å²) < 4.78 is 0. The molecule has 4 nitrogen and oxygen atoms in total. The van der Waals surface area contributed by atoms with Gasteiger partial charge < -0.3 is 15.7 Å². The summed E-state index contributed by atoms with van der Waals surface area (Å²) in [4.78, 5) is 11.9. The van der Waals surface area contributed by atoms with E-state index >= 15 is 0 Å². The smallest absolute Gasteiger partial charge is 0.237 e. The van der Waals surface area contributed by atoms with Crippen molar-refractivity contribution in [1.82, 2.24) is 10.6 Å². The van der Waals surface area contributed by atoms with Crippen molar-refractivity contribution in [2.75, 3.05) is 6.54 Å². The van der Waals surface area contributed by atoms with Crippen LogP contribution in [-0.4, -0.2) is 35.7 Å². The van der Waals surface area contributed by atoms with E-state index in [1.165, 1.54) is 6.42 Å². The lowest BCUT2D eigenvalue weighted by Crippen LogP contribution is -2.50. The third-order valence-electron chi connectivity index (χ3n) is 3.62. The maximum absolute atomic E-state index is 11.9. The van der Waals surface area contributed by atoms with Crippen molar-refractivity contribution >= 4 is 5.91 Å². The van der Waals surface area contributed by atoms with Crippen molar-refractivity contribution in [3.63, 3.8) is 0 Å². The molecule has 4 heteroatoms. The molecule has 1 aliphatic heterocycles. The molecule has 2 rings (SSSR count). The number of hydrogen-bond acceptors (Lipinski definition) is 3. The summed E-state index contributed by atoms with van der Waals surface area (Å²) >= 11 is 0. The Hall–Kier alpha value is -0.610. The summed E-state index contributed by atoms with van der Waals surface area (Å²) in [6.07, 6.45) is 6.66. The summed E-state index contributed by atoms with van der Waals surface area (Å²) in [6.45, 7) is 0.950. The fourth-order valence-corrected chi connectivity index (χ4v) is 2.67. The zero-order valence-electron chi connectivity index (χ0n) is 9.74. The molecule has 1 saturated heterocycles. The number of amides is 1. The number of rotatable bonds is 2. The fraction of sp³-hybridized carbons (Fsp3) is 0.917. The first-order valence-electron chi connectivity index (χ1n) is 6.47. The summed E-state index contributed by atoms with van der Waals surface area (Å²) in [5.41, 5.74) is 0. The number of nitrogens with one attached hydrogen (secondary N) is 2. The van der Waals surface area contributed by atoms with Crippen LogP contribution in [0.1, 0.15) is 44.9 Å². The standard InChI is InChI=1S/C12H22N2O2/c15-10-5-3-4-9(8-10)14-12(16)11-6-1-2-7-13-11/h9-11,13,15H,1-8H2,(H,14,16). The van der Waals surface area contributed by atoms with Crippen molar-refractivity contribution in [2.45, 2.75) is 63.1 Å². The molecule has 0 aromatic heterocycles. The summed E-state index contributed by atoms with van der Waals surface area (Å²) in [5.74, 6) is 0.124. The van der Waals surface area contributed by atoms with Gasteiger partial charge >= 0.3 is 0 Å². The van der Waals surface area contributed by atoms with Crippen LogP contribution < -0.4 is 10.6 Å². The molecule has 0 radical (unpaired) electrons. The number of aliphatic hydroxyl groups excluding tert-OH is 1. The predicted octanol–water partition coefficient (Wildman–Crippen LogP) is 0.548. The minimum absolute atomic E-state index is 0.00665. The quantitative estimate of drug-likeness (QED) is 0.644. The molecule has 1 saturated carbocycles. The minimum atomic E-state index is -0.224. The Bertz CT molecular complexity index is 239. The van der Waals surface area contributed by atoms with Crippen LogP contribution in [0.5, 0.6) is 0 Å². The van der Waals surface area contributed by atoms with Crippen molar-refractivity contribution in [1.29, 1.82) is 0 Å². The average Bonchev–Trinajstić information content (AvgIpc) is 2.30. The second kappa shape index (κ2) is 5.64. The van der Waals surface area contributed by atoms with E-state index in [2.05, 4.69) is 10.6 Å². The van der Waals surface area contributed by atoms with Gasteiger partial charge in [0.2, 0.25) is 5.91 Å². The van der Waals surface area contributed by atoms with Gasteiger partial charge in [-0.25, -0.2) is 0 Å². The van der Waals surface area contributed by atoms with E-state index in [-0.39, 0.29) is 24.1 Å². The molecular formula is C12H22N2O2. The van der Waals surface area contributed by atoms with Gasteiger partial charge in [-0.05, 0) is 45.1 Å². The number of piperidine rings is 1. The Balaban J connectivity index is 1.77. The second-order valence-corrected chi connectivity index (χ2v) is 5.03. The fourth-order valence-electron chi connectivity index (χ4n) is 2.67. The van der Waals surface area contributed by atoms with Crippen LogP contribution in [0.4, 0.5) is 0 Å². The Kier molecular flexibility index (Phi) is 4.18. The first-order chi connectivity index (χ1) is 7.75. The van der Waals surface area contributed by atoms with Crippen LogP contribution in [0.2, 0.25) is 0 Å². The van der Waals surface area contributed by atoms with Gasteiger partial charge in [-0.2, -0.15) is 0 Å². The Morgan fingerprint density at radius 2 is 2.06 bits per heavy atom. The van der Waals surface area contributed by atoms with Crippen LogP contribution in [-0.2, 0) is 4.79 Å². The van der Waals surface area contributed by atoms with Crippen LogP contribution in [0, 0.1) is 0 Å². The second-order valence-electron chi connectivity index (χ2n) is 5.03. The molecule has 1 heterocycles. The van der Waals surface area contributed by atoms with Crippen LogP contribution in [0.25, 0.3) is 0 Å². The van der Waals surface area contributed by atoms with Crippen molar-refractivity contribution in [3.8, 4) is 0 Å². The molecule has 2 fully saturated rings. The molecule has 2 aliphatic rings. The SMILES string of the molecule is O=C(NC1CCCC(O)C1)C1CCCCN1. The van der Waals surface area contributed by atoms with Crippen molar-refractivity contribution in [2.24, 2.45) is 0 Å². The molecular weight excluding hydrogens is 204 g/mol. The highest BCUT2D eigenvalue weighted by Gasteiger charge is 2.25. The Morgan fingerprint density at radius 3 is 2.75 bits per heavy atom. The van der Waals surface area contributed by atoms with Gasteiger partial charge in [-0.15, -0.1) is 0 Å². The molecule has 0 aromatic rings. The van der Waals surface area contributed by atoms with Gasteiger partial charge in [-0.1, -0.05) is 6.42 Å². The third-order valence-corrected chi connectivity index (χ3v) is 3.62. The molecule has 3 atom stereocenters. The highest BCUT2D eigenvalue weighted by Crippen LogP contribution is 2.18. The van der Waals surface area contributed by atoms with E-state index in [1.807, 2.05) is 0 Å². The third kappa shape index (κ3) is 3.19. The molecule has 1 aliphatic carbocycles. The van der Waals surface area contributed by atoms with E-state index in [0.717, 1.165) is 45.1 Å².